The van der Waals surface area contributed by atoms with Crippen LogP contribution in [0.25, 0.3) is 0 Å². The van der Waals surface area contributed by atoms with Crippen molar-refractivity contribution >= 4 is 147 Å². The Morgan fingerprint density at radius 1 is 0.367 bits per heavy atom. The zero-order chi connectivity index (χ0) is 110. The fourth-order valence-electron chi connectivity index (χ4n) is 17.2. The smallest absolute Gasteiger partial charge is 0.336 e. The van der Waals surface area contributed by atoms with E-state index in [2.05, 4.69) is 82.8 Å². The summed E-state index contributed by atoms with van der Waals surface area (Å²) in [6, 6.07) is 98.3. The number of halogens is 3. The van der Waals surface area contributed by atoms with E-state index < -0.39 is 45.2 Å². The van der Waals surface area contributed by atoms with Crippen LogP contribution >= 0.6 is 47.8 Å². The molecule has 0 saturated carbocycles. The van der Waals surface area contributed by atoms with Gasteiger partial charge in [-0.2, -0.15) is 9.98 Å². The predicted octanol–water partition coefficient (Wildman–Crippen LogP) is 27.9. The van der Waals surface area contributed by atoms with Crippen LogP contribution in [0.1, 0.15) is 125 Å². The summed E-state index contributed by atoms with van der Waals surface area (Å²) in [4.78, 5) is 108. The lowest BCUT2D eigenvalue weighted by molar-refractivity contribution is -0.137. The number of alkyl halides is 2. The van der Waals surface area contributed by atoms with Crippen LogP contribution < -0.4 is 62.7 Å². The van der Waals surface area contributed by atoms with Gasteiger partial charge in [0.1, 0.15) is 51.4 Å². The molecule has 9 amide bonds. The molecule has 6 unspecified atom stereocenters. The summed E-state index contributed by atoms with van der Waals surface area (Å²) in [7, 11) is 9.62. The topological polar surface area (TPSA) is 283 Å². The molecule has 13 aromatic rings. The first-order valence-electron chi connectivity index (χ1n) is 49.4. The van der Waals surface area contributed by atoms with Crippen LogP contribution in [0.3, 0.4) is 0 Å². The highest BCUT2D eigenvalue weighted by Gasteiger charge is 2.62. The first-order chi connectivity index (χ1) is 71.5. The molecular weight excluding hydrogens is 2090 g/mol. The number of aryl methyl sites for hydroxylation is 7. The second kappa shape index (κ2) is 54.6. The molecule has 28 heteroatoms. The van der Waals surface area contributed by atoms with Crippen molar-refractivity contribution < 1.29 is 77.3 Å². The van der Waals surface area contributed by atoms with E-state index in [1.165, 1.54) is 30.7 Å². The first kappa shape index (κ1) is 117. The largest absolute Gasteiger partial charge is 0.497 e. The number of amides is 9. The SMILES string of the molecule is CC(C)C(Br)C(=O)O.COc1ccc(CC(=O)N(C(=O)C(Br)C(C)C)c2ccc(OC)cc2)cc1.COc1ccc(N2C(=O)N(c3ccc(C)cc3)C(=O)C2C(C)C)cc1.COc1ccc(N2C(=O)N(c3ccc(C)cc3)C(O)(c3cccc(C)c3)C2C(C)C)cc1.COc1ccc(N2C(=O)N(c3ccc(C)cc3)C(O)(c3cccc(C)c3)[C@@H]2C(C)C)cc1.COc1ccc(N=C=Nc2ccc(C)cc2)cc1.Cc1cccc(Br)c1. The number of urea groups is 3. The van der Waals surface area contributed by atoms with Crippen molar-refractivity contribution in [3.05, 3.63) is 376 Å². The molecule has 16 rings (SSSR count). The molecule has 3 fully saturated rings. The number of carboxylic acid groups (broad SMARTS) is 1. The van der Waals surface area contributed by atoms with Crippen LogP contribution in [-0.2, 0) is 37.0 Å². The van der Waals surface area contributed by atoms with Gasteiger partial charge in [0, 0.05) is 44.0 Å². The molecular formula is C122H136Br3N9O16. The number of nitrogens with zero attached hydrogens (tertiary/aromatic N) is 9. The highest BCUT2D eigenvalue weighted by molar-refractivity contribution is 9.10. The minimum Gasteiger partial charge on any atom is -0.497 e. The average Bonchev–Trinajstić information content (AvgIpc) is 1.55. The van der Waals surface area contributed by atoms with Crippen LogP contribution in [-0.4, -0.2) is 134 Å². The second-order valence-corrected chi connectivity index (χ2v) is 41.1. The van der Waals surface area contributed by atoms with E-state index >= 15 is 0 Å². The monoisotopic (exact) mass is 2220 g/mol. The number of carbonyl (C=O) groups is 7. The van der Waals surface area contributed by atoms with Crippen molar-refractivity contribution in [2.75, 3.05) is 77.0 Å². The maximum atomic E-state index is 14.0. The molecule has 150 heavy (non-hydrogen) atoms. The van der Waals surface area contributed by atoms with E-state index in [1.807, 2.05) is 341 Å². The third-order valence-corrected chi connectivity index (χ3v) is 28.5. The Morgan fingerprint density at radius 3 is 0.980 bits per heavy atom. The molecule has 3 N–H and O–H groups in total. The van der Waals surface area contributed by atoms with Gasteiger partial charge in [-0.05, 0) is 278 Å². The average molecular weight is 2220 g/mol. The molecule has 7 atom stereocenters. The van der Waals surface area contributed by atoms with Crippen molar-refractivity contribution in [2.24, 2.45) is 39.6 Å². The van der Waals surface area contributed by atoms with Crippen LogP contribution in [0.4, 0.5) is 65.6 Å². The molecule has 3 aliphatic rings. The van der Waals surface area contributed by atoms with Crippen LogP contribution in [0.15, 0.2) is 330 Å². The molecule has 3 heterocycles. The molecule has 0 bridgehead atoms. The Hall–Kier alpha value is -14.5. The number of anilines is 7. The lowest BCUT2D eigenvalue weighted by Crippen LogP contribution is -2.52. The molecule has 786 valence electrons. The Bertz CT molecular complexity index is 6520. The Balaban J connectivity index is 0.000000186. The molecule has 0 aromatic heterocycles. The number of benzene rings is 13. The Labute approximate surface area is 907 Å². The number of hydrogen-bond acceptors (Lipinski definition) is 17. The number of ether oxygens (including phenoxy) is 6. The van der Waals surface area contributed by atoms with E-state index in [0.717, 1.165) is 72.1 Å². The van der Waals surface area contributed by atoms with Crippen molar-refractivity contribution in [2.45, 2.75) is 163 Å². The van der Waals surface area contributed by atoms with Crippen molar-refractivity contribution in [1.29, 1.82) is 0 Å². The number of aliphatic carboxylic acids is 1. The summed E-state index contributed by atoms with van der Waals surface area (Å²) in [5.41, 5.74) is 13.1. The van der Waals surface area contributed by atoms with Gasteiger partial charge < -0.3 is 43.7 Å². The maximum absolute atomic E-state index is 14.0. The molecule has 3 saturated heterocycles. The Kier molecular flexibility index (Phi) is 42.7. The van der Waals surface area contributed by atoms with E-state index in [1.54, 1.807) is 130 Å². The van der Waals surface area contributed by atoms with Gasteiger partial charge in [-0.1, -0.05) is 277 Å². The summed E-state index contributed by atoms with van der Waals surface area (Å²) in [5.74, 6) is 2.91. The predicted molar refractivity (Wildman–Crippen MR) is 612 cm³/mol. The summed E-state index contributed by atoms with van der Waals surface area (Å²) in [5, 5.41) is 33.2. The second-order valence-electron chi connectivity index (χ2n) is 38.2. The fraction of sp³-hybridized carbons (Fsp3) is 0.295. The zero-order valence-corrected chi connectivity index (χ0v) is 94.1. The van der Waals surface area contributed by atoms with Gasteiger partial charge in [0.15, 0.2) is 11.4 Å². The number of aliphatic hydroxyl groups is 2. The lowest BCUT2D eigenvalue weighted by atomic mass is 9.86. The highest BCUT2D eigenvalue weighted by Crippen LogP contribution is 2.50. The van der Waals surface area contributed by atoms with Gasteiger partial charge in [-0.3, -0.25) is 43.7 Å². The summed E-state index contributed by atoms with van der Waals surface area (Å²) in [6.07, 6.45) is 0.111. The van der Waals surface area contributed by atoms with Gasteiger partial charge in [0.05, 0.1) is 88.7 Å². The number of carbonyl (C=O) groups excluding carboxylic acids is 6. The third-order valence-electron chi connectivity index (χ3n) is 25.1. The van der Waals surface area contributed by atoms with Gasteiger partial charge in [0.25, 0.3) is 5.91 Å². The molecule has 3 aliphatic heterocycles. The molecule has 13 aromatic carbocycles. The summed E-state index contributed by atoms with van der Waals surface area (Å²) in [6.45, 7) is 33.7. The fourth-order valence-corrected chi connectivity index (χ4v) is 17.9. The van der Waals surface area contributed by atoms with Crippen molar-refractivity contribution in [3.63, 3.8) is 0 Å². The van der Waals surface area contributed by atoms with Gasteiger partial charge >= 0.3 is 24.1 Å². The van der Waals surface area contributed by atoms with Crippen molar-refractivity contribution in [1.82, 2.24) is 0 Å². The minimum atomic E-state index is -1.55. The van der Waals surface area contributed by atoms with E-state index in [0.29, 0.717) is 62.6 Å². The molecule has 0 aliphatic carbocycles. The van der Waals surface area contributed by atoms with Crippen molar-refractivity contribution in [3.8, 4) is 34.5 Å². The number of rotatable bonds is 26. The van der Waals surface area contributed by atoms with E-state index in [4.69, 9.17) is 33.5 Å². The van der Waals surface area contributed by atoms with Crippen LogP contribution in [0.5, 0.6) is 34.5 Å². The number of hydrogen-bond donors (Lipinski definition) is 3. The summed E-state index contributed by atoms with van der Waals surface area (Å²) >= 11 is 9.79. The quantitative estimate of drug-likeness (QED) is 0.0258. The van der Waals surface area contributed by atoms with Crippen LogP contribution in [0, 0.1) is 78.1 Å². The number of imide groups is 2. The third kappa shape index (κ3) is 29.6. The number of aliphatic imine (C=N–C) groups is 2. The highest BCUT2D eigenvalue weighted by atomic mass is 79.9. The lowest BCUT2D eigenvalue weighted by Gasteiger charge is -2.39. The number of carboxylic acids is 1. The van der Waals surface area contributed by atoms with Crippen LogP contribution in [0.2, 0.25) is 0 Å². The summed E-state index contributed by atoms with van der Waals surface area (Å²) < 4.78 is 32.3. The van der Waals surface area contributed by atoms with E-state index in [-0.39, 0.29) is 71.8 Å². The van der Waals surface area contributed by atoms with Gasteiger partial charge in [-0.25, -0.2) is 24.2 Å². The normalized spacial score (nSPS) is 16.3. The molecule has 25 nitrogen and oxygen atoms in total. The first-order valence-corrected chi connectivity index (χ1v) is 52.0. The van der Waals surface area contributed by atoms with E-state index in [9.17, 15) is 43.8 Å². The molecule has 0 radical (unpaired) electrons. The van der Waals surface area contributed by atoms with Gasteiger partial charge in [-0.15, -0.1) is 0 Å². The molecule has 0 spiro atoms. The van der Waals surface area contributed by atoms with Gasteiger partial charge in [0.2, 0.25) is 11.8 Å². The number of methoxy groups -OCH3 is 6. The zero-order valence-electron chi connectivity index (χ0n) is 89.3. The Morgan fingerprint density at radius 2 is 0.673 bits per heavy atom. The maximum Gasteiger partial charge on any atom is 0.336 e. The minimum absolute atomic E-state index is 0.00556. The standard InChI is InChI=1S/2C27H30N2O3.C21H24BrNO4.C20H22N2O3.C15H14N2O.C7H7Br.C5H9BrO2/c2*1-18(2)25-27(31,21-8-6-7-20(4)17-21)29(23-11-9-19(3)10-12-23)26(30)28(25)22-13-15-24(32-5)16-14-22;1-14(2)20(22)21(25)23(16-7-11-18(27-4)12-8-16)19(24)13-15-5-9-17(26-3)10-6-15;1-13(2)18-19(23)22(16-7-5-14(3)6-8-16)20(24)21(18)15-9-11-17(25-4)12-10-15;1-12-3-5-13(6-4-12)16-11-17-14-7-9-15(18-2)10-8-14;1-6-3-2-4-7(8)5-6;1-3(2)4(6)5(7)8/h2*6-18,25,31H,1-5H3;5-12,14,20H,13H2,1-4H3;5-13,18H,1-4H3;3-10H,1-2H3;2-5H,1H3;3-4H,1-2H3,(H,7,8)/t25-,27?;;;;;;/m0....../s1.